The van der Waals surface area contributed by atoms with Crippen molar-refractivity contribution < 1.29 is 18.0 Å². The minimum absolute atomic E-state index is 0.244. The standard InChI is InChI=1S/C26H17ClF3N3O2S/c1-14(20-4-2-3-11-31-20)32-24(34)15-5-10-21-18(12-15)19-13-36-23(27)22(19)25(35)33(21)17-8-6-16(7-9-17)26(28,29)30/h2-14H,1H3,(H,32,34)/t14-/m0/s1. The Morgan fingerprint density at radius 2 is 1.83 bits per heavy atom. The van der Waals surface area contributed by atoms with E-state index in [1.54, 1.807) is 35.8 Å². The molecule has 0 saturated heterocycles. The number of benzene rings is 2. The average Bonchev–Trinajstić information content (AvgIpc) is 3.26. The number of halogens is 4. The highest BCUT2D eigenvalue weighted by Gasteiger charge is 2.30. The van der Waals surface area contributed by atoms with E-state index in [1.807, 2.05) is 19.1 Å². The third kappa shape index (κ3) is 4.25. The number of nitrogens with zero attached hydrogens (tertiary/aromatic N) is 2. The second-order valence-corrected chi connectivity index (χ2v) is 9.65. The number of rotatable bonds is 4. The van der Waals surface area contributed by atoms with E-state index in [-0.39, 0.29) is 27.4 Å². The van der Waals surface area contributed by atoms with Crippen LogP contribution in [0.2, 0.25) is 4.34 Å². The van der Waals surface area contributed by atoms with Gasteiger partial charge in [0, 0.05) is 33.6 Å². The monoisotopic (exact) mass is 527 g/mol. The number of pyridine rings is 2. The Morgan fingerprint density at radius 1 is 1.08 bits per heavy atom. The maximum absolute atomic E-state index is 13.4. The zero-order chi connectivity index (χ0) is 25.6. The summed E-state index contributed by atoms with van der Waals surface area (Å²) >= 11 is 7.51. The molecular weight excluding hydrogens is 511 g/mol. The molecule has 0 fully saturated rings. The Labute approximate surface area is 211 Å². The van der Waals surface area contributed by atoms with Crippen molar-refractivity contribution in [3.63, 3.8) is 0 Å². The van der Waals surface area contributed by atoms with Crippen LogP contribution in [-0.2, 0) is 6.18 Å². The van der Waals surface area contributed by atoms with Crippen molar-refractivity contribution in [2.45, 2.75) is 19.1 Å². The van der Waals surface area contributed by atoms with E-state index in [1.165, 1.54) is 28.0 Å². The van der Waals surface area contributed by atoms with Crippen molar-refractivity contribution in [2.24, 2.45) is 0 Å². The van der Waals surface area contributed by atoms with Gasteiger partial charge in [-0.2, -0.15) is 13.2 Å². The average molecular weight is 528 g/mol. The highest BCUT2D eigenvalue weighted by molar-refractivity contribution is 7.16. The van der Waals surface area contributed by atoms with Gasteiger partial charge in [-0.1, -0.05) is 17.7 Å². The molecule has 1 N–H and O–H groups in total. The van der Waals surface area contributed by atoms with E-state index in [9.17, 15) is 22.8 Å². The van der Waals surface area contributed by atoms with Gasteiger partial charge in [-0.25, -0.2) is 0 Å². The predicted molar refractivity (Wildman–Crippen MR) is 135 cm³/mol. The fourth-order valence-corrected chi connectivity index (χ4v) is 5.18. The summed E-state index contributed by atoms with van der Waals surface area (Å²) in [5.74, 6) is -0.336. The first kappa shape index (κ1) is 24.0. The first-order valence-corrected chi connectivity index (χ1v) is 12.1. The number of carbonyl (C=O) groups is 1. The fraction of sp³-hybridized carbons (Fsp3) is 0.115. The third-order valence-electron chi connectivity index (χ3n) is 5.88. The van der Waals surface area contributed by atoms with Gasteiger partial charge in [0.1, 0.15) is 4.34 Å². The molecule has 10 heteroatoms. The van der Waals surface area contributed by atoms with Gasteiger partial charge in [0.25, 0.3) is 11.5 Å². The van der Waals surface area contributed by atoms with Crippen molar-refractivity contribution in [1.29, 1.82) is 0 Å². The highest BCUT2D eigenvalue weighted by atomic mass is 35.5. The van der Waals surface area contributed by atoms with E-state index in [2.05, 4.69) is 10.3 Å². The molecule has 0 spiro atoms. The van der Waals surface area contributed by atoms with Crippen LogP contribution in [0, 0.1) is 0 Å². The first-order valence-electron chi connectivity index (χ1n) is 10.8. The second-order valence-electron chi connectivity index (χ2n) is 8.16. The SMILES string of the molecule is C[C@H](NC(=O)c1ccc2c(c1)c1csc(Cl)c1c(=O)n2-c1ccc(C(F)(F)F)cc1)c1ccccn1. The Bertz CT molecular complexity index is 1660. The number of thiophene rings is 1. The molecule has 0 aliphatic rings. The smallest absolute Gasteiger partial charge is 0.344 e. The molecule has 0 aliphatic carbocycles. The maximum atomic E-state index is 13.4. The Kier molecular flexibility index (Phi) is 6.05. The van der Waals surface area contributed by atoms with Crippen LogP contribution in [0.25, 0.3) is 27.4 Å². The van der Waals surface area contributed by atoms with Crippen LogP contribution in [0.15, 0.2) is 77.0 Å². The molecule has 0 unspecified atom stereocenters. The molecule has 5 nitrogen and oxygen atoms in total. The summed E-state index contributed by atoms with van der Waals surface area (Å²) < 4.78 is 40.8. The van der Waals surface area contributed by atoms with E-state index in [0.29, 0.717) is 27.5 Å². The summed E-state index contributed by atoms with van der Waals surface area (Å²) in [5, 5.41) is 6.03. The van der Waals surface area contributed by atoms with Crippen molar-refractivity contribution in [3.05, 3.63) is 104 Å². The molecule has 2 aromatic carbocycles. The van der Waals surface area contributed by atoms with Crippen molar-refractivity contribution in [3.8, 4) is 5.69 Å². The summed E-state index contributed by atoms with van der Waals surface area (Å²) in [4.78, 5) is 30.7. The zero-order valence-corrected chi connectivity index (χ0v) is 20.2. The predicted octanol–water partition coefficient (Wildman–Crippen LogP) is 6.76. The van der Waals surface area contributed by atoms with Crippen molar-refractivity contribution in [2.75, 3.05) is 0 Å². The van der Waals surface area contributed by atoms with Gasteiger partial charge >= 0.3 is 6.18 Å². The van der Waals surface area contributed by atoms with E-state index in [0.717, 1.165) is 12.1 Å². The largest absolute Gasteiger partial charge is 0.416 e. The number of fused-ring (bicyclic) bond motifs is 3. The Hall–Kier alpha value is -3.69. The lowest BCUT2D eigenvalue weighted by molar-refractivity contribution is -0.137. The number of amides is 1. The molecule has 1 amide bonds. The van der Waals surface area contributed by atoms with Crippen LogP contribution >= 0.6 is 22.9 Å². The molecule has 5 aromatic rings. The molecule has 182 valence electrons. The summed E-state index contributed by atoms with van der Waals surface area (Å²) in [6.45, 7) is 1.82. The quantitative estimate of drug-likeness (QED) is 0.281. The molecular formula is C26H17ClF3N3O2S. The topological polar surface area (TPSA) is 64.0 Å². The van der Waals surface area contributed by atoms with Crippen LogP contribution in [0.3, 0.4) is 0 Å². The van der Waals surface area contributed by atoms with Crippen molar-refractivity contribution >= 4 is 50.5 Å². The Balaban J connectivity index is 1.64. The van der Waals surface area contributed by atoms with Crippen LogP contribution in [0.4, 0.5) is 13.2 Å². The summed E-state index contributed by atoms with van der Waals surface area (Å²) in [7, 11) is 0. The normalized spacial score (nSPS) is 12.7. The van der Waals surface area contributed by atoms with Gasteiger partial charge in [0.05, 0.1) is 28.2 Å². The van der Waals surface area contributed by atoms with E-state index in [4.69, 9.17) is 11.6 Å². The maximum Gasteiger partial charge on any atom is 0.416 e. The number of alkyl halides is 3. The van der Waals surface area contributed by atoms with Gasteiger partial charge in [-0.05, 0) is 61.5 Å². The van der Waals surface area contributed by atoms with Crippen LogP contribution in [0.5, 0.6) is 0 Å². The molecule has 0 aliphatic heterocycles. The number of nitrogens with one attached hydrogen (secondary N) is 1. The molecule has 0 radical (unpaired) electrons. The second kappa shape index (κ2) is 9.07. The van der Waals surface area contributed by atoms with Gasteiger partial charge in [0.2, 0.25) is 0 Å². The Morgan fingerprint density at radius 3 is 2.50 bits per heavy atom. The van der Waals surface area contributed by atoms with Crippen molar-refractivity contribution in [1.82, 2.24) is 14.9 Å². The lowest BCUT2D eigenvalue weighted by atomic mass is 10.0. The van der Waals surface area contributed by atoms with Crippen LogP contribution < -0.4 is 10.9 Å². The molecule has 3 heterocycles. The van der Waals surface area contributed by atoms with Crippen LogP contribution in [-0.4, -0.2) is 15.5 Å². The molecule has 5 rings (SSSR count). The lowest BCUT2D eigenvalue weighted by Gasteiger charge is -2.16. The first-order chi connectivity index (χ1) is 17.1. The fourth-order valence-electron chi connectivity index (χ4n) is 4.08. The van der Waals surface area contributed by atoms with Gasteiger partial charge in [-0.3, -0.25) is 19.1 Å². The molecule has 0 saturated carbocycles. The van der Waals surface area contributed by atoms with Gasteiger partial charge < -0.3 is 5.32 Å². The van der Waals surface area contributed by atoms with Crippen LogP contribution in [0.1, 0.15) is 34.6 Å². The number of aromatic nitrogens is 2. The van der Waals surface area contributed by atoms with Gasteiger partial charge in [-0.15, -0.1) is 11.3 Å². The zero-order valence-electron chi connectivity index (χ0n) is 18.6. The summed E-state index contributed by atoms with van der Waals surface area (Å²) in [5.41, 5.74) is 0.476. The minimum Gasteiger partial charge on any atom is -0.344 e. The lowest BCUT2D eigenvalue weighted by Crippen LogP contribution is -2.27. The van der Waals surface area contributed by atoms with E-state index < -0.39 is 17.3 Å². The van der Waals surface area contributed by atoms with E-state index >= 15 is 0 Å². The summed E-state index contributed by atoms with van der Waals surface area (Å²) in [6, 6.07) is 14.3. The number of hydrogen-bond donors (Lipinski definition) is 1. The summed E-state index contributed by atoms with van der Waals surface area (Å²) in [6.07, 6.45) is -2.85. The molecule has 36 heavy (non-hydrogen) atoms. The molecule has 0 bridgehead atoms. The minimum atomic E-state index is -4.50. The van der Waals surface area contributed by atoms with Gasteiger partial charge in [0.15, 0.2) is 0 Å². The molecule has 1 atom stereocenters. The number of carbonyl (C=O) groups excluding carboxylic acids is 1. The molecule has 3 aromatic heterocycles. The third-order valence-corrected chi connectivity index (χ3v) is 7.11. The highest BCUT2D eigenvalue weighted by Crippen LogP contribution is 2.35. The number of hydrogen-bond acceptors (Lipinski definition) is 4.